The number of anilines is 2. The van der Waals surface area contributed by atoms with E-state index in [2.05, 4.69) is 5.32 Å². The van der Waals surface area contributed by atoms with Gasteiger partial charge in [0, 0.05) is 10.7 Å². The molecule has 0 heterocycles. The Morgan fingerprint density at radius 3 is 2.61 bits per heavy atom. The fourth-order valence-corrected chi connectivity index (χ4v) is 1.73. The third-order valence-electron chi connectivity index (χ3n) is 2.57. The van der Waals surface area contributed by atoms with Crippen molar-refractivity contribution in [1.82, 2.24) is 0 Å². The van der Waals surface area contributed by atoms with Crippen LogP contribution in [0.5, 0.6) is 0 Å². The highest BCUT2D eigenvalue weighted by Gasteiger charge is 2.06. The molecule has 0 saturated carbocycles. The molecular weight excluding hydrogens is 251 g/mol. The lowest BCUT2D eigenvalue weighted by Gasteiger charge is -2.10. The first kappa shape index (κ1) is 12.4. The smallest absolute Gasteiger partial charge is 0.147 e. The summed E-state index contributed by atoms with van der Waals surface area (Å²) >= 11 is 5.89. The normalized spacial score (nSPS) is 9.89. The molecule has 0 bridgehead atoms. The molecule has 0 aliphatic rings. The number of rotatable bonds is 2. The number of nitrogens with one attached hydrogen (secondary N) is 1. The minimum atomic E-state index is -0.464. The van der Waals surface area contributed by atoms with Crippen LogP contribution in [-0.2, 0) is 0 Å². The second kappa shape index (κ2) is 5.07. The standard InChI is InChI=1S/C14H10ClFN2/c1-9-2-4-11(15)7-14(9)18-13-5-3-10(8-17)6-12(13)16/h2-7,18H,1H3. The third-order valence-corrected chi connectivity index (χ3v) is 2.80. The zero-order valence-corrected chi connectivity index (χ0v) is 10.4. The van der Waals surface area contributed by atoms with Crippen LogP contribution in [0.2, 0.25) is 5.02 Å². The number of benzene rings is 2. The molecule has 4 heteroatoms. The zero-order valence-electron chi connectivity index (χ0n) is 9.67. The van der Waals surface area contributed by atoms with E-state index in [0.29, 0.717) is 16.3 Å². The Bertz CT molecular complexity index is 632. The second-order valence-electron chi connectivity index (χ2n) is 3.89. The molecule has 2 rings (SSSR count). The van der Waals surface area contributed by atoms with E-state index in [9.17, 15) is 4.39 Å². The quantitative estimate of drug-likeness (QED) is 0.869. The van der Waals surface area contributed by atoms with Crippen LogP contribution in [-0.4, -0.2) is 0 Å². The van der Waals surface area contributed by atoms with E-state index >= 15 is 0 Å². The molecule has 0 unspecified atom stereocenters. The van der Waals surface area contributed by atoms with E-state index in [1.165, 1.54) is 12.1 Å². The first-order chi connectivity index (χ1) is 8.60. The molecule has 2 aromatic rings. The largest absolute Gasteiger partial charge is 0.353 e. The van der Waals surface area contributed by atoms with Gasteiger partial charge in [-0.05, 0) is 42.8 Å². The predicted octanol–water partition coefficient (Wildman–Crippen LogP) is 4.40. The van der Waals surface area contributed by atoms with Gasteiger partial charge in [-0.2, -0.15) is 5.26 Å². The Labute approximate surface area is 110 Å². The minimum Gasteiger partial charge on any atom is -0.353 e. The van der Waals surface area contributed by atoms with Gasteiger partial charge >= 0.3 is 0 Å². The number of hydrogen-bond acceptors (Lipinski definition) is 2. The van der Waals surface area contributed by atoms with E-state index in [-0.39, 0.29) is 0 Å². The van der Waals surface area contributed by atoms with Crippen LogP contribution in [0.1, 0.15) is 11.1 Å². The van der Waals surface area contributed by atoms with Crippen LogP contribution < -0.4 is 5.32 Å². The number of nitrogens with zero attached hydrogens (tertiary/aromatic N) is 1. The maximum Gasteiger partial charge on any atom is 0.147 e. The van der Waals surface area contributed by atoms with Gasteiger partial charge in [0.1, 0.15) is 5.82 Å². The van der Waals surface area contributed by atoms with Crippen molar-refractivity contribution in [1.29, 1.82) is 5.26 Å². The van der Waals surface area contributed by atoms with Gasteiger partial charge in [-0.1, -0.05) is 17.7 Å². The Morgan fingerprint density at radius 1 is 1.17 bits per heavy atom. The molecule has 0 aliphatic carbocycles. The molecule has 0 atom stereocenters. The van der Waals surface area contributed by atoms with Gasteiger partial charge in [-0.3, -0.25) is 0 Å². The number of nitriles is 1. The van der Waals surface area contributed by atoms with Crippen molar-refractivity contribution < 1.29 is 4.39 Å². The summed E-state index contributed by atoms with van der Waals surface area (Å²) in [6.45, 7) is 1.90. The Hall–Kier alpha value is -2.05. The van der Waals surface area contributed by atoms with Crippen molar-refractivity contribution in [2.24, 2.45) is 0 Å². The Balaban J connectivity index is 2.34. The maximum atomic E-state index is 13.7. The molecule has 0 aromatic heterocycles. The molecule has 0 spiro atoms. The van der Waals surface area contributed by atoms with Crippen LogP contribution in [0.4, 0.5) is 15.8 Å². The van der Waals surface area contributed by atoms with Gasteiger partial charge in [-0.15, -0.1) is 0 Å². The minimum absolute atomic E-state index is 0.292. The lowest BCUT2D eigenvalue weighted by Crippen LogP contribution is -1.96. The van der Waals surface area contributed by atoms with Crippen molar-refractivity contribution in [2.45, 2.75) is 6.92 Å². The first-order valence-corrected chi connectivity index (χ1v) is 5.71. The molecule has 2 nitrogen and oxygen atoms in total. The molecule has 0 saturated heterocycles. The summed E-state index contributed by atoms with van der Waals surface area (Å²) in [4.78, 5) is 0. The molecule has 1 N–H and O–H groups in total. The summed E-state index contributed by atoms with van der Waals surface area (Å²) in [5, 5.41) is 12.2. The van der Waals surface area contributed by atoms with E-state index in [4.69, 9.17) is 16.9 Å². The van der Waals surface area contributed by atoms with E-state index in [1.54, 1.807) is 18.2 Å². The van der Waals surface area contributed by atoms with Crippen molar-refractivity contribution in [3.05, 3.63) is 58.4 Å². The lowest BCUT2D eigenvalue weighted by molar-refractivity contribution is 0.631. The average Bonchev–Trinajstić information content (AvgIpc) is 2.36. The van der Waals surface area contributed by atoms with Crippen LogP contribution in [0.3, 0.4) is 0 Å². The van der Waals surface area contributed by atoms with Crippen LogP contribution in [0, 0.1) is 24.1 Å². The Morgan fingerprint density at radius 2 is 1.94 bits per heavy atom. The molecule has 0 fully saturated rings. The summed E-state index contributed by atoms with van der Waals surface area (Å²) in [6.07, 6.45) is 0. The van der Waals surface area contributed by atoms with E-state index < -0.39 is 5.82 Å². The van der Waals surface area contributed by atoms with E-state index in [1.807, 2.05) is 19.1 Å². The van der Waals surface area contributed by atoms with Crippen molar-refractivity contribution in [2.75, 3.05) is 5.32 Å². The van der Waals surface area contributed by atoms with Gasteiger partial charge < -0.3 is 5.32 Å². The fourth-order valence-electron chi connectivity index (χ4n) is 1.56. The monoisotopic (exact) mass is 260 g/mol. The number of hydrogen-bond donors (Lipinski definition) is 1. The van der Waals surface area contributed by atoms with Gasteiger partial charge in [0.15, 0.2) is 0 Å². The van der Waals surface area contributed by atoms with Crippen LogP contribution in [0.15, 0.2) is 36.4 Å². The van der Waals surface area contributed by atoms with Crippen molar-refractivity contribution >= 4 is 23.0 Å². The predicted molar refractivity (Wildman–Crippen MR) is 70.6 cm³/mol. The van der Waals surface area contributed by atoms with Crippen LogP contribution in [0.25, 0.3) is 0 Å². The first-order valence-electron chi connectivity index (χ1n) is 5.33. The highest BCUT2D eigenvalue weighted by atomic mass is 35.5. The van der Waals surface area contributed by atoms with Gasteiger partial charge in [-0.25, -0.2) is 4.39 Å². The zero-order chi connectivity index (χ0) is 13.1. The highest BCUT2D eigenvalue weighted by molar-refractivity contribution is 6.30. The summed E-state index contributed by atoms with van der Waals surface area (Å²) in [7, 11) is 0. The molecule has 18 heavy (non-hydrogen) atoms. The van der Waals surface area contributed by atoms with Gasteiger partial charge in [0.25, 0.3) is 0 Å². The third kappa shape index (κ3) is 2.61. The van der Waals surface area contributed by atoms with Gasteiger partial charge in [0.2, 0.25) is 0 Å². The number of halogens is 2. The molecule has 0 aliphatic heterocycles. The molecule has 0 amide bonds. The fraction of sp³-hybridized carbons (Fsp3) is 0.0714. The van der Waals surface area contributed by atoms with Crippen molar-refractivity contribution in [3.8, 4) is 6.07 Å². The lowest BCUT2D eigenvalue weighted by atomic mass is 10.1. The van der Waals surface area contributed by atoms with Crippen LogP contribution >= 0.6 is 11.6 Å². The summed E-state index contributed by atoms with van der Waals surface area (Å²) < 4.78 is 13.7. The summed E-state index contributed by atoms with van der Waals surface area (Å²) in [5.74, 6) is -0.464. The SMILES string of the molecule is Cc1ccc(Cl)cc1Nc1ccc(C#N)cc1F. The number of aryl methyl sites for hydroxylation is 1. The summed E-state index contributed by atoms with van der Waals surface area (Å²) in [5.41, 5.74) is 2.31. The topological polar surface area (TPSA) is 35.8 Å². The van der Waals surface area contributed by atoms with E-state index in [0.717, 1.165) is 11.3 Å². The van der Waals surface area contributed by atoms with Gasteiger partial charge in [0.05, 0.1) is 17.3 Å². The Kier molecular flexibility index (Phi) is 3.50. The van der Waals surface area contributed by atoms with Crippen molar-refractivity contribution in [3.63, 3.8) is 0 Å². The molecule has 2 aromatic carbocycles. The molecular formula is C14H10ClFN2. The highest BCUT2D eigenvalue weighted by Crippen LogP contribution is 2.26. The molecule has 90 valence electrons. The average molecular weight is 261 g/mol. The second-order valence-corrected chi connectivity index (χ2v) is 4.33. The summed E-state index contributed by atoms with van der Waals surface area (Å²) in [6, 6.07) is 11.5. The molecule has 0 radical (unpaired) electrons. The maximum absolute atomic E-state index is 13.7.